The van der Waals surface area contributed by atoms with Gasteiger partial charge in [0.15, 0.2) is 10.6 Å². The monoisotopic (exact) mass is 349 g/mol. The van der Waals surface area contributed by atoms with Gasteiger partial charge in [0.2, 0.25) is 0 Å². The molecule has 0 atom stereocenters. The topological polar surface area (TPSA) is 43.3 Å². The van der Waals surface area contributed by atoms with Crippen molar-refractivity contribution >= 4 is 28.0 Å². The number of para-hydroxylation sites is 1. The van der Waals surface area contributed by atoms with E-state index in [9.17, 15) is 0 Å². The summed E-state index contributed by atoms with van der Waals surface area (Å²) in [7, 11) is 0. The van der Waals surface area contributed by atoms with Gasteiger partial charge in [-0.1, -0.05) is 31.5 Å². The first kappa shape index (κ1) is 15.8. The average Bonchev–Trinajstić information content (AvgIpc) is 3.24. The van der Waals surface area contributed by atoms with E-state index in [0.717, 1.165) is 52.3 Å². The van der Waals surface area contributed by atoms with Crippen molar-refractivity contribution in [2.75, 3.05) is 0 Å². The first-order valence-electron chi connectivity index (χ1n) is 8.47. The van der Waals surface area contributed by atoms with Crippen LogP contribution in [0.3, 0.4) is 0 Å². The van der Waals surface area contributed by atoms with Gasteiger partial charge in [-0.3, -0.25) is 4.98 Å². The van der Waals surface area contributed by atoms with Crippen molar-refractivity contribution in [2.45, 2.75) is 26.3 Å². The molecule has 3 aromatic heterocycles. The van der Waals surface area contributed by atoms with Crippen LogP contribution in [0.15, 0.2) is 69.6 Å². The molecule has 0 aliphatic rings. The van der Waals surface area contributed by atoms with E-state index in [-0.39, 0.29) is 0 Å². The number of benzene rings is 1. The van der Waals surface area contributed by atoms with Crippen LogP contribution in [0.2, 0.25) is 0 Å². The zero-order valence-corrected chi connectivity index (χ0v) is 14.9. The molecule has 5 heteroatoms. The summed E-state index contributed by atoms with van der Waals surface area (Å²) in [5.41, 5.74) is 2.86. The van der Waals surface area contributed by atoms with Gasteiger partial charge in [-0.2, -0.15) is 0 Å². The van der Waals surface area contributed by atoms with E-state index >= 15 is 0 Å². The number of pyridine rings is 1. The Labute approximate surface area is 150 Å². The number of unbranched alkanes of at least 4 members (excludes halogenated alkanes) is 1. The smallest absolute Gasteiger partial charge is 0.190 e. The summed E-state index contributed by atoms with van der Waals surface area (Å²) in [4.78, 5) is 9.89. The van der Waals surface area contributed by atoms with Gasteiger partial charge in [0.25, 0.3) is 0 Å². The van der Waals surface area contributed by atoms with Gasteiger partial charge in [0, 0.05) is 23.5 Å². The Morgan fingerprint density at radius 2 is 2.12 bits per heavy atom. The molecule has 25 heavy (non-hydrogen) atoms. The predicted molar refractivity (Wildman–Crippen MR) is 102 cm³/mol. The standard InChI is InChI=1S/C20H19N3OS/c1-2-3-11-23-17(19-12-15-7-4-5-9-18(15)24-19)14-25-20(23)22-16-8-6-10-21-13-16/h4-10,12-14H,2-3,11H2,1H3. The Bertz CT molecular complexity index is 1010. The summed E-state index contributed by atoms with van der Waals surface area (Å²) in [6, 6.07) is 14.1. The fourth-order valence-corrected chi connectivity index (χ4v) is 3.72. The molecule has 0 amide bonds. The number of rotatable bonds is 5. The van der Waals surface area contributed by atoms with Crippen LogP contribution in [0.5, 0.6) is 0 Å². The minimum Gasteiger partial charge on any atom is -0.454 e. The zero-order chi connectivity index (χ0) is 17.1. The fourth-order valence-electron chi connectivity index (χ4n) is 2.79. The lowest BCUT2D eigenvalue weighted by molar-refractivity contribution is 0.591. The molecule has 1 aromatic carbocycles. The number of hydrogen-bond donors (Lipinski definition) is 0. The van der Waals surface area contributed by atoms with Crippen LogP contribution < -0.4 is 4.80 Å². The number of hydrogen-bond acceptors (Lipinski definition) is 4. The van der Waals surface area contributed by atoms with E-state index in [1.807, 2.05) is 30.3 Å². The van der Waals surface area contributed by atoms with Crippen molar-refractivity contribution in [3.8, 4) is 11.5 Å². The fraction of sp³-hybridized carbons (Fsp3) is 0.200. The molecular formula is C20H19N3OS. The summed E-state index contributed by atoms with van der Waals surface area (Å²) >= 11 is 1.63. The van der Waals surface area contributed by atoms with Gasteiger partial charge < -0.3 is 8.98 Å². The molecule has 0 spiro atoms. The van der Waals surface area contributed by atoms with Crippen LogP contribution in [0.1, 0.15) is 19.8 Å². The Morgan fingerprint density at radius 1 is 1.20 bits per heavy atom. The first-order chi connectivity index (χ1) is 12.3. The molecule has 0 N–H and O–H groups in total. The van der Waals surface area contributed by atoms with E-state index in [2.05, 4.69) is 34.0 Å². The number of nitrogens with zero attached hydrogens (tertiary/aromatic N) is 3. The molecule has 0 aliphatic carbocycles. The summed E-state index contributed by atoms with van der Waals surface area (Å²) in [6.07, 6.45) is 5.78. The summed E-state index contributed by atoms with van der Waals surface area (Å²) in [5.74, 6) is 0.890. The van der Waals surface area contributed by atoms with Crippen LogP contribution in [0, 0.1) is 0 Å². The number of thiazole rings is 1. The largest absolute Gasteiger partial charge is 0.454 e. The van der Waals surface area contributed by atoms with Gasteiger partial charge in [-0.25, -0.2) is 4.99 Å². The molecule has 4 nitrogen and oxygen atoms in total. The highest BCUT2D eigenvalue weighted by Gasteiger charge is 2.12. The molecule has 0 bridgehead atoms. The summed E-state index contributed by atoms with van der Waals surface area (Å²) in [6.45, 7) is 3.12. The summed E-state index contributed by atoms with van der Waals surface area (Å²) in [5, 5.41) is 3.25. The molecule has 0 fully saturated rings. The van der Waals surface area contributed by atoms with E-state index < -0.39 is 0 Å². The van der Waals surface area contributed by atoms with Gasteiger partial charge in [-0.15, -0.1) is 11.3 Å². The van der Waals surface area contributed by atoms with E-state index in [1.54, 1.807) is 23.7 Å². The van der Waals surface area contributed by atoms with Crippen LogP contribution in [0.25, 0.3) is 22.4 Å². The highest BCUT2D eigenvalue weighted by molar-refractivity contribution is 7.07. The number of fused-ring (bicyclic) bond motifs is 1. The Kier molecular flexibility index (Phi) is 4.48. The first-order valence-corrected chi connectivity index (χ1v) is 9.35. The van der Waals surface area contributed by atoms with Crippen molar-refractivity contribution in [3.63, 3.8) is 0 Å². The van der Waals surface area contributed by atoms with Crippen molar-refractivity contribution in [3.05, 3.63) is 65.0 Å². The molecule has 0 saturated heterocycles. The predicted octanol–water partition coefficient (Wildman–Crippen LogP) is 5.39. The second-order valence-electron chi connectivity index (χ2n) is 5.88. The quantitative estimate of drug-likeness (QED) is 0.485. The van der Waals surface area contributed by atoms with E-state index in [1.165, 1.54) is 0 Å². The summed E-state index contributed by atoms with van der Waals surface area (Å²) < 4.78 is 8.32. The van der Waals surface area contributed by atoms with E-state index in [0.29, 0.717) is 0 Å². The third-order valence-corrected chi connectivity index (χ3v) is 4.95. The van der Waals surface area contributed by atoms with Gasteiger partial charge in [-0.05, 0) is 30.7 Å². The normalized spacial score (nSPS) is 12.1. The second kappa shape index (κ2) is 7.07. The average molecular weight is 349 g/mol. The molecule has 0 aliphatic heterocycles. The Balaban J connectivity index is 1.83. The van der Waals surface area contributed by atoms with Crippen LogP contribution in [-0.2, 0) is 6.54 Å². The Hall–Kier alpha value is -2.66. The maximum Gasteiger partial charge on any atom is 0.190 e. The molecule has 4 aromatic rings. The van der Waals surface area contributed by atoms with Crippen LogP contribution >= 0.6 is 11.3 Å². The minimum atomic E-state index is 0.866. The molecule has 0 unspecified atom stereocenters. The van der Waals surface area contributed by atoms with Gasteiger partial charge in [0.1, 0.15) is 5.58 Å². The number of aromatic nitrogens is 2. The SMILES string of the molecule is CCCCn1c(-c2cc3ccccc3o2)csc1=Nc1cccnc1. The molecule has 0 radical (unpaired) electrons. The zero-order valence-electron chi connectivity index (χ0n) is 14.1. The lowest BCUT2D eigenvalue weighted by Gasteiger charge is -2.06. The second-order valence-corrected chi connectivity index (χ2v) is 6.72. The molecule has 0 saturated carbocycles. The molecule has 4 rings (SSSR count). The minimum absolute atomic E-state index is 0.866. The van der Waals surface area contributed by atoms with Crippen molar-refractivity contribution in [1.82, 2.24) is 9.55 Å². The van der Waals surface area contributed by atoms with Gasteiger partial charge >= 0.3 is 0 Å². The maximum atomic E-state index is 6.07. The molecule has 126 valence electrons. The third-order valence-electron chi connectivity index (χ3n) is 4.08. The van der Waals surface area contributed by atoms with Crippen LogP contribution in [0.4, 0.5) is 5.69 Å². The van der Waals surface area contributed by atoms with Gasteiger partial charge in [0.05, 0.1) is 17.6 Å². The lowest BCUT2D eigenvalue weighted by atomic mass is 10.2. The van der Waals surface area contributed by atoms with Crippen molar-refractivity contribution in [2.24, 2.45) is 4.99 Å². The highest BCUT2D eigenvalue weighted by Crippen LogP contribution is 2.28. The molecular weight excluding hydrogens is 330 g/mol. The van der Waals surface area contributed by atoms with E-state index in [4.69, 9.17) is 9.41 Å². The maximum absolute atomic E-state index is 6.07. The lowest BCUT2D eigenvalue weighted by Crippen LogP contribution is -2.15. The highest BCUT2D eigenvalue weighted by atomic mass is 32.1. The van der Waals surface area contributed by atoms with Crippen molar-refractivity contribution in [1.29, 1.82) is 0 Å². The third kappa shape index (κ3) is 3.28. The van der Waals surface area contributed by atoms with Crippen LogP contribution in [-0.4, -0.2) is 9.55 Å². The Morgan fingerprint density at radius 3 is 2.92 bits per heavy atom. The van der Waals surface area contributed by atoms with Crippen molar-refractivity contribution < 1.29 is 4.42 Å². The number of furan rings is 1. The molecule has 3 heterocycles.